The van der Waals surface area contributed by atoms with E-state index in [0.29, 0.717) is 4.47 Å². The third-order valence-corrected chi connectivity index (χ3v) is 7.12. The Hall–Kier alpha value is -0.670. The van der Waals surface area contributed by atoms with Crippen LogP contribution in [-0.4, -0.2) is 38.6 Å². The van der Waals surface area contributed by atoms with E-state index < -0.39 is 25.1 Å². The fraction of sp³-hybridized carbons (Fsp3) is 0.500. The summed E-state index contributed by atoms with van der Waals surface area (Å²) in [5.74, 6) is 0.0557. The molecule has 1 N–H and O–H groups in total. The van der Waals surface area contributed by atoms with Gasteiger partial charge in [0.15, 0.2) is 5.82 Å². The van der Waals surface area contributed by atoms with Gasteiger partial charge in [0, 0.05) is 6.20 Å². The summed E-state index contributed by atoms with van der Waals surface area (Å²) in [6.07, 6.45) is 1.73. The van der Waals surface area contributed by atoms with E-state index in [1.54, 1.807) is 12.1 Å². The second-order valence-electron chi connectivity index (χ2n) is 4.33. The van der Waals surface area contributed by atoms with Crippen LogP contribution in [0.5, 0.6) is 0 Å². The molecule has 0 aliphatic carbocycles. The maximum atomic E-state index is 12.2. The van der Waals surface area contributed by atoms with Gasteiger partial charge in [0.1, 0.15) is 9.84 Å². The van der Waals surface area contributed by atoms with Crippen molar-refractivity contribution in [1.82, 2.24) is 4.98 Å². The van der Waals surface area contributed by atoms with Crippen LogP contribution in [-0.2, 0) is 19.9 Å². The molecule has 0 bridgehead atoms. The Morgan fingerprint density at radius 1 is 1.32 bits per heavy atom. The lowest BCUT2D eigenvalue weighted by Gasteiger charge is -2.22. The number of hydrogen-bond acceptors (Lipinski definition) is 5. The van der Waals surface area contributed by atoms with Crippen molar-refractivity contribution in [3.05, 3.63) is 22.8 Å². The highest BCUT2D eigenvalue weighted by molar-refractivity contribution is 9.10. The quantitative estimate of drug-likeness (QED) is 0.863. The molecule has 1 aliphatic heterocycles. The fourth-order valence-corrected chi connectivity index (χ4v) is 5.59. The summed E-state index contributed by atoms with van der Waals surface area (Å²) >= 11 is 3.21. The van der Waals surface area contributed by atoms with Crippen molar-refractivity contribution in [3.8, 4) is 0 Å². The van der Waals surface area contributed by atoms with Crippen LogP contribution < -0.4 is 4.72 Å². The average Bonchev–Trinajstić information content (AvgIpc) is 2.31. The number of anilines is 1. The molecule has 1 saturated heterocycles. The summed E-state index contributed by atoms with van der Waals surface area (Å²) in [4.78, 5) is 3.93. The lowest BCUT2D eigenvalue weighted by atomic mass is 10.2. The Bertz CT molecular complexity index is 659. The van der Waals surface area contributed by atoms with Gasteiger partial charge in [-0.1, -0.05) is 0 Å². The summed E-state index contributed by atoms with van der Waals surface area (Å²) < 4.78 is 49.9. The summed E-state index contributed by atoms with van der Waals surface area (Å²) in [6.45, 7) is 0. The van der Waals surface area contributed by atoms with Crippen molar-refractivity contribution in [2.75, 3.05) is 16.2 Å². The molecule has 1 aromatic heterocycles. The molecule has 1 aromatic rings. The van der Waals surface area contributed by atoms with Crippen LogP contribution in [0.4, 0.5) is 5.82 Å². The van der Waals surface area contributed by atoms with E-state index in [0.717, 1.165) is 0 Å². The molecule has 0 aromatic carbocycles. The van der Waals surface area contributed by atoms with Gasteiger partial charge in [0.05, 0.1) is 21.2 Å². The lowest BCUT2D eigenvalue weighted by Crippen LogP contribution is -2.36. The van der Waals surface area contributed by atoms with Crippen LogP contribution in [0, 0.1) is 0 Å². The molecule has 1 aliphatic rings. The maximum Gasteiger partial charge on any atom is 0.236 e. The minimum atomic E-state index is -3.62. The number of rotatable bonds is 3. The first-order valence-electron chi connectivity index (χ1n) is 5.63. The summed E-state index contributed by atoms with van der Waals surface area (Å²) in [6, 6.07) is 3.35. The third kappa shape index (κ3) is 3.67. The van der Waals surface area contributed by atoms with E-state index in [1.165, 1.54) is 6.20 Å². The molecule has 0 unspecified atom stereocenters. The zero-order chi connectivity index (χ0) is 14.1. The lowest BCUT2D eigenvalue weighted by molar-refractivity contribution is 0.555. The van der Waals surface area contributed by atoms with Crippen LogP contribution in [0.1, 0.15) is 12.8 Å². The van der Waals surface area contributed by atoms with Crippen molar-refractivity contribution >= 4 is 41.6 Å². The summed E-state index contributed by atoms with van der Waals surface area (Å²) in [5, 5.41) is -0.690. The van der Waals surface area contributed by atoms with Crippen molar-refractivity contribution in [3.63, 3.8) is 0 Å². The standard InChI is InChI=1S/C10H13BrN2O4S2/c11-9-2-1-5-12-10(9)13-19(16,17)8-3-6-18(14,15)7-4-8/h1-2,5,8H,3-4,6-7H2,(H,12,13). The molecule has 19 heavy (non-hydrogen) atoms. The molecular formula is C10H13BrN2O4S2. The van der Waals surface area contributed by atoms with Gasteiger partial charge in [-0.05, 0) is 40.9 Å². The Balaban J connectivity index is 2.14. The third-order valence-electron chi connectivity index (χ3n) is 2.94. The van der Waals surface area contributed by atoms with Gasteiger partial charge < -0.3 is 0 Å². The largest absolute Gasteiger partial charge is 0.266 e. The number of sulfone groups is 1. The fourth-order valence-electron chi connectivity index (χ4n) is 1.86. The van der Waals surface area contributed by atoms with Crippen molar-refractivity contribution in [1.29, 1.82) is 0 Å². The molecule has 106 valence electrons. The Morgan fingerprint density at radius 3 is 2.53 bits per heavy atom. The van der Waals surface area contributed by atoms with E-state index in [4.69, 9.17) is 0 Å². The normalized spacial score (nSPS) is 20.1. The molecule has 0 saturated carbocycles. The smallest absolute Gasteiger partial charge is 0.236 e. The van der Waals surface area contributed by atoms with Gasteiger partial charge >= 0.3 is 0 Å². The number of nitrogens with one attached hydrogen (secondary N) is 1. The van der Waals surface area contributed by atoms with Gasteiger partial charge in [-0.25, -0.2) is 21.8 Å². The average molecular weight is 369 g/mol. The zero-order valence-electron chi connectivity index (χ0n) is 9.91. The van der Waals surface area contributed by atoms with Crippen LogP contribution >= 0.6 is 15.9 Å². The molecular weight excluding hydrogens is 356 g/mol. The highest BCUT2D eigenvalue weighted by Crippen LogP contribution is 2.24. The predicted molar refractivity (Wildman–Crippen MR) is 76.2 cm³/mol. The first-order valence-corrected chi connectivity index (χ1v) is 9.79. The molecule has 6 nitrogen and oxygen atoms in total. The topological polar surface area (TPSA) is 93.2 Å². The monoisotopic (exact) mass is 368 g/mol. The van der Waals surface area contributed by atoms with E-state index in [9.17, 15) is 16.8 Å². The van der Waals surface area contributed by atoms with Crippen molar-refractivity contribution in [2.24, 2.45) is 0 Å². The van der Waals surface area contributed by atoms with E-state index >= 15 is 0 Å². The molecule has 0 atom stereocenters. The van der Waals surface area contributed by atoms with Crippen LogP contribution in [0.2, 0.25) is 0 Å². The number of hydrogen-bond donors (Lipinski definition) is 1. The van der Waals surface area contributed by atoms with Crippen LogP contribution in [0.3, 0.4) is 0 Å². The van der Waals surface area contributed by atoms with E-state index in [-0.39, 0.29) is 30.2 Å². The molecule has 9 heteroatoms. The highest BCUT2D eigenvalue weighted by Gasteiger charge is 2.33. The molecule has 2 heterocycles. The number of aromatic nitrogens is 1. The van der Waals surface area contributed by atoms with Gasteiger partial charge in [-0.15, -0.1) is 0 Å². The predicted octanol–water partition coefficient (Wildman–Crippen LogP) is 1.16. The van der Waals surface area contributed by atoms with Crippen molar-refractivity contribution < 1.29 is 16.8 Å². The molecule has 1 fully saturated rings. The first-order chi connectivity index (χ1) is 8.80. The second kappa shape index (κ2) is 5.37. The Labute approximate surface area is 120 Å². The van der Waals surface area contributed by atoms with Gasteiger partial charge in [-0.3, -0.25) is 4.72 Å². The van der Waals surface area contributed by atoms with Crippen molar-refractivity contribution in [2.45, 2.75) is 18.1 Å². The second-order valence-corrected chi connectivity index (χ2v) is 9.45. The van der Waals surface area contributed by atoms with Crippen LogP contribution in [0.15, 0.2) is 22.8 Å². The van der Waals surface area contributed by atoms with Gasteiger partial charge in [0.25, 0.3) is 0 Å². The number of pyridine rings is 1. The SMILES string of the molecule is O=S1(=O)CCC(S(=O)(=O)Nc2ncccc2Br)CC1. The number of sulfonamides is 1. The zero-order valence-corrected chi connectivity index (χ0v) is 13.1. The number of halogens is 1. The van der Waals surface area contributed by atoms with Gasteiger partial charge in [-0.2, -0.15) is 0 Å². The minimum Gasteiger partial charge on any atom is -0.266 e. The maximum absolute atomic E-state index is 12.2. The van der Waals surface area contributed by atoms with Gasteiger partial charge in [0.2, 0.25) is 10.0 Å². The Morgan fingerprint density at radius 2 is 1.95 bits per heavy atom. The molecule has 0 spiro atoms. The number of nitrogens with zero attached hydrogens (tertiary/aromatic N) is 1. The molecule has 2 rings (SSSR count). The summed E-state index contributed by atoms with van der Waals surface area (Å²) in [7, 11) is -6.69. The van der Waals surface area contributed by atoms with Crippen LogP contribution in [0.25, 0.3) is 0 Å². The first kappa shape index (κ1) is 14.7. The molecule has 0 amide bonds. The minimum absolute atomic E-state index is 0.0814. The molecule has 0 radical (unpaired) electrons. The summed E-state index contributed by atoms with van der Waals surface area (Å²) in [5.41, 5.74) is 0. The van der Waals surface area contributed by atoms with E-state index in [2.05, 4.69) is 25.6 Å². The van der Waals surface area contributed by atoms with E-state index in [1.807, 2.05) is 0 Å². The Kier molecular flexibility index (Phi) is 4.17. The highest BCUT2D eigenvalue weighted by atomic mass is 79.9.